The Morgan fingerprint density at radius 2 is 2.07 bits per heavy atom. The minimum atomic E-state index is -0.280. The number of hydrogen-bond acceptors (Lipinski definition) is 7. The highest BCUT2D eigenvalue weighted by Gasteiger charge is 2.34. The Kier molecular flexibility index (Phi) is 7.87. The van der Waals surface area contributed by atoms with Crippen molar-refractivity contribution in [3.05, 3.63) is 35.3 Å². The molecule has 1 amide bonds. The Hall–Kier alpha value is -2.32. The van der Waals surface area contributed by atoms with Gasteiger partial charge in [0.2, 0.25) is 0 Å². The van der Waals surface area contributed by atoms with Gasteiger partial charge in [-0.05, 0) is 30.5 Å². The number of nitrogens with zero attached hydrogens (tertiary/aromatic N) is 2. The van der Waals surface area contributed by atoms with Crippen LogP contribution in [-0.2, 0) is 4.74 Å². The van der Waals surface area contributed by atoms with E-state index >= 15 is 0 Å². The van der Waals surface area contributed by atoms with Crippen LogP contribution in [0.3, 0.4) is 0 Å². The standard InChI is InChI=1S/C17H20N2O4S.C2H6O/c1-11-9-19(17(20)22-3)10-13(11)12-4-5-14(21-2)15(8-12)23-16-18-6-7-24-16;1-2-3/h4-8,11,13H,9-10H2,1-3H3;3H,2H2,1H3/t11-,13+;/m0./s1. The normalized spacial score (nSPS) is 18.5. The molecule has 0 saturated carbocycles. The zero-order valence-electron chi connectivity index (χ0n) is 16.0. The van der Waals surface area contributed by atoms with Crippen LogP contribution in [0.15, 0.2) is 29.8 Å². The maximum atomic E-state index is 11.8. The zero-order valence-corrected chi connectivity index (χ0v) is 16.9. The molecule has 7 nitrogen and oxygen atoms in total. The van der Waals surface area contributed by atoms with Crippen molar-refractivity contribution in [3.8, 4) is 16.7 Å². The monoisotopic (exact) mass is 394 g/mol. The summed E-state index contributed by atoms with van der Waals surface area (Å²) in [6.45, 7) is 5.39. The van der Waals surface area contributed by atoms with Gasteiger partial charge < -0.3 is 24.2 Å². The molecule has 1 fully saturated rings. The van der Waals surface area contributed by atoms with E-state index in [-0.39, 0.29) is 18.6 Å². The lowest BCUT2D eigenvalue weighted by Gasteiger charge is -2.17. The lowest BCUT2D eigenvalue weighted by atomic mass is 9.90. The van der Waals surface area contributed by atoms with Crippen molar-refractivity contribution in [1.29, 1.82) is 0 Å². The van der Waals surface area contributed by atoms with Gasteiger partial charge >= 0.3 is 6.09 Å². The number of hydrogen-bond donors (Lipinski definition) is 1. The van der Waals surface area contributed by atoms with Crippen molar-refractivity contribution in [2.24, 2.45) is 5.92 Å². The number of aromatic nitrogens is 1. The van der Waals surface area contributed by atoms with Gasteiger partial charge in [-0.1, -0.05) is 24.3 Å². The zero-order chi connectivity index (χ0) is 19.8. The van der Waals surface area contributed by atoms with E-state index in [1.165, 1.54) is 18.4 Å². The van der Waals surface area contributed by atoms with Gasteiger partial charge in [0.1, 0.15) is 0 Å². The molecule has 1 aromatic carbocycles. The lowest BCUT2D eigenvalue weighted by Crippen LogP contribution is -2.28. The fraction of sp³-hybridized carbons (Fsp3) is 0.474. The third kappa shape index (κ3) is 5.33. The molecule has 0 aliphatic carbocycles. The number of carbonyl (C=O) groups is 1. The minimum absolute atomic E-state index is 0.230. The summed E-state index contributed by atoms with van der Waals surface area (Å²) >= 11 is 1.42. The van der Waals surface area contributed by atoms with Gasteiger partial charge in [-0.3, -0.25) is 0 Å². The predicted octanol–water partition coefficient (Wildman–Crippen LogP) is 3.74. The average Bonchev–Trinajstić information content (AvgIpc) is 3.31. The number of ether oxygens (including phenoxy) is 3. The van der Waals surface area contributed by atoms with E-state index < -0.39 is 0 Å². The smallest absolute Gasteiger partial charge is 0.409 e. The van der Waals surface area contributed by atoms with Gasteiger partial charge in [0.05, 0.1) is 14.2 Å². The number of thiazole rings is 1. The molecule has 0 radical (unpaired) electrons. The molecule has 1 N–H and O–H groups in total. The number of rotatable bonds is 4. The van der Waals surface area contributed by atoms with Crippen molar-refractivity contribution < 1.29 is 24.1 Å². The molecule has 1 aromatic heterocycles. The number of likely N-dealkylation sites (tertiary alicyclic amines) is 1. The summed E-state index contributed by atoms with van der Waals surface area (Å²) in [5, 5.41) is 10.00. The van der Waals surface area contributed by atoms with Crippen LogP contribution in [0.1, 0.15) is 25.3 Å². The molecule has 1 aliphatic heterocycles. The fourth-order valence-corrected chi connectivity index (χ4v) is 3.54. The van der Waals surface area contributed by atoms with Gasteiger partial charge in [0.25, 0.3) is 5.19 Å². The van der Waals surface area contributed by atoms with Gasteiger partial charge in [0, 0.05) is 37.2 Å². The Balaban J connectivity index is 0.000000817. The molecule has 148 valence electrons. The number of aliphatic hydroxyl groups is 1. The fourth-order valence-electron chi connectivity index (χ4n) is 3.04. The molecule has 2 heterocycles. The van der Waals surface area contributed by atoms with Crippen molar-refractivity contribution in [1.82, 2.24) is 9.88 Å². The van der Waals surface area contributed by atoms with Crippen LogP contribution in [0.5, 0.6) is 16.7 Å². The first-order chi connectivity index (χ1) is 13.0. The molecule has 2 atom stereocenters. The van der Waals surface area contributed by atoms with E-state index in [1.807, 2.05) is 23.6 Å². The molecule has 0 unspecified atom stereocenters. The van der Waals surface area contributed by atoms with Crippen molar-refractivity contribution in [2.45, 2.75) is 19.8 Å². The van der Waals surface area contributed by atoms with E-state index in [1.54, 1.807) is 25.1 Å². The second-order valence-corrected chi connectivity index (χ2v) is 6.94. The van der Waals surface area contributed by atoms with E-state index in [4.69, 9.17) is 19.3 Å². The molecule has 0 spiro atoms. The van der Waals surface area contributed by atoms with E-state index in [0.29, 0.717) is 35.7 Å². The quantitative estimate of drug-likeness (QED) is 0.851. The Morgan fingerprint density at radius 1 is 1.33 bits per heavy atom. The Labute approximate surface area is 163 Å². The van der Waals surface area contributed by atoms with Crippen molar-refractivity contribution >= 4 is 17.4 Å². The van der Waals surface area contributed by atoms with Gasteiger partial charge in [-0.15, -0.1) is 0 Å². The summed E-state index contributed by atoms with van der Waals surface area (Å²) < 4.78 is 16.1. The minimum Gasteiger partial charge on any atom is -0.493 e. The summed E-state index contributed by atoms with van der Waals surface area (Å²) in [4.78, 5) is 17.7. The number of carbonyl (C=O) groups excluding carboxylic acids is 1. The van der Waals surface area contributed by atoms with Crippen LogP contribution in [0.4, 0.5) is 4.79 Å². The number of benzene rings is 1. The van der Waals surface area contributed by atoms with Crippen molar-refractivity contribution in [3.63, 3.8) is 0 Å². The molecular weight excluding hydrogens is 368 g/mol. The first-order valence-corrected chi connectivity index (χ1v) is 9.61. The molecule has 1 aliphatic rings. The molecule has 3 rings (SSSR count). The Morgan fingerprint density at radius 3 is 2.67 bits per heavy atom. The van der Waals surface area contributed by atoms with Crippen LogP contribution in [0.25, 0.3) is 0 Å². The topological polar surface area (TPSA) is 81.1 Å². The van der Waals surface area contributed by atoms with Gasteiger partial charge in [-0.2, -0.15) is 0 Å². The largest absolute Gasteiger partial charge is 0.493 e. The summed E-state index contributed by atoms with van der Waals surface area (Å²) in [5.74, 6) is 1.86. The van der Waals surface area contributed by atoms with Crippen LogP contribution in [0.2, 0.25) is 0 Å². The number of aliphatic hydroxyl groups excluding tert-OH is 1. The highest BCUT2D eigenvalue weighted by atomic mass is 32.1. The molecule has 0 bridgehead atoms. The highest BCUT2D eigenvalue weighted by Crippen LogP contribution is 2.39. The third-order valence-corrected chi connectivity index (χ3v) is 4.92. The lowest BCUT2D eigenvalue weighted by molar-refractivity contribution is 0.131. The number of amides is 1. The summed E-state index contributed by atoms with van der Waals surface area (Å²) in [7, 11) is 3.02. The van der Waals surface area contributed by atoms with Crippen LogP contribution < -0.4 is 9.47 Å². The van der Waals surface area contributed by atoms with Gasteiger partial charge in [-0.25, -0.2) is 9.78 Å². The molecule has 2 aromatic rings. The molecule has 8 heteroatoms. The van der Waals surface area contributed by atoms with E-state index in [0.717, 1.165) is 5.56 Å². The second kappa shape index (κ2) is 10.1. The SMILES string of the molecule is CCO.COC(=O)N1C[C@H](C)[C@H](c2ccc(OC)c(Oc3nccs3)c2)C1. The highest BCUT2D eigenvalue weighted by molar-refractivity contribution is 7.11. The van der Waals surface area contributed by atoms with E-state index in [2.05, 4.69) is 11.9 Å². The third-order valence-electron chi connectivity index (χ3n) is 4.27. The molecule has 27 heavy (non-hydrogen) atoms. The van der Waals surface area contributed by atoms with Crippen molar-refractivity contribution in [2.75, 3.05) is 33.9 Å². The summed E-state index contributed by atoms with van der Waals surface area (Å²) in [6.07, 6.45) is 1.42. The Bertz CT molecular complexity index is 723. The molecule has 1 saturated heterocycles. The van der Waals surface area contributed by atoms with Gasteiger partial charge in [0.15, 0.2) is 11.5 Å². The summed E-state index contributed by atoms with van der Waals surface area (Å²) in [5.41, 5.74) is 1.11. The number of methoxy groups -OCH3 is 2. The average molecular weight is 394 g/mol. The first-order valence-electron chi connectivity index (χ1n) is 8.73. The maximum Gasteiger partial charge on any atom is 0.409 e. The summed E-state index contributed by atoms with van der Waals surface area (Å²) in [6, 6.07) is 5.89. The first kappa shape index (κ1) is 21.0. The predicted molar refractivity (Wildman–Crippen MR) is 104 cm³/mol. The second-order valence-electron chi connectivity index (χ2n) is 6.09. The van der Waals surface area contributed by atoms with Crippen LogP contribution in [0, 0.1) is 5.92 Å². The van der Waals surface area contributed by atoms with Crippen LogP contribution >= 0.6 is 11.3 Å². The van der Waals surface area contributed by atoms with Crippen LogP contribution in [-0.4, -0.2) is 55.0 Å². The maximum absolute atomic E-state index is 11.8. The van der Waals surface area contributed by atoms with E-state index in [9.17, 15) is 4.79 Å². The molecular formula is C19H26N2O5S.